The molecule has 1 fully saturated rings. The highest BCUT2D eigenvalue weighted by Gasteiger charge is 2.24. The second-order valence-electron chi connectivity index (χ2n) is 4.47. The van der Waals surface area contributed by atoms with Gasteiger partial charge in [-0.05, 0) is 18.9 Å². The van der Waals surface area contributed by atoms with Crippen LogP contribution in [0.1, 0.15) is 37.5 Å². The van der Waals surface area contributed by atoms with Gasteiger partial charge in [-0.3, -0.25) is 0 Å². The third-order valence-electron chi connectivity index (χ3n) is 3.33. The summed E-state index contributed by atoms with van der Waals surface area (Å²) in [5.41, 5.74) is 7.43. The first kappa shape index (κ1) is 11.2. The molecule has 1 saturated carbocycles. The van der Waals surface area contributed by atoms with E-state index in [1.807, 2.05) is 0 Å². The van der Waals surface area contributed by atoms with Gasteiger partial charge >= 0.3 is 0 Å². The van der Waals surface area contributed by atoms with Crippen LogP contribution in [0.3, 0.4) is 0 Å². The highest BCUT2D eigenvalue weighted by molar-refractivity contribution is 6.40. The van der Waals surface area contributed by atoms with Crippen molar-refractivity contribution in [2.24, 2.45) is 0 Å². The fraction of sp³-hybridized carbons (Fsp3) is 0.417. The Balaban J connectivity index is 2.17. The minimum absolute atomic E-state index is 0.400. The summed E-state index contributed by atoms with van der Waals surface area (Å²) >= 11 is 12.1. The molecule has 5 heteroatoms. The molecule has 0 spiro atoms. The molecule has 0 bridgehead atoms. The van der Waals surface area contributed by atoms with E-state index in [0.717, 1.165) is 18.7 Å². The largest absolute Gasteiger partial charge is 0.438 e. The van der Waals surface area contributed by atoms with Gasteiger partial charge in [-0.2, -0.15) is 0 Å². The van der Waals surface area contributed by atoms with E-state index in [1.165, 1.54) is 12.8 Å². The SMILES string of the molecule is Nc1c(Cl)cc(Cl)c2nc(C3CCCC3)oc12. The van der Waals surface area contributed by atoms with Crippen molar-refractivity contribution in [2.45, 2.75) is 31.6 Å². The molecular weight excluding hydrogens is 259 g/mol. The normalized spacial score (nSPS) is 17.1. The number of nitrogen functional groups attached to an aromatic ring is 1. The van der Waals surface area contributed by atoms with Crippen molar-refractivity contribution in [3.05, 3.63) is 22.0 Å². The summed E-state index contributed by atoms with van der Waals surface area (Å²) in [7, 11) is 0. The van der Waals surface area contributed by atoms with Crippen molar-refractivity contribution in [2.75, 3.05) is 5.73 Å². The molecular formula is C12H12Cl2N2O. The molecule has 2 aromatic rings. The summed E-state index contributed by atoms with van der Waals surface area (Å²) in [4.78, 5) is 4.46. The number of hydrogen-bond donors (Lipinski definition) is 1. The first-order chi connectivity index (χ1) is 8.16. The minimum atomic E-state index is 0.400. The standard InChI is InChI=1S/C12H12Cl2N2O/c13-7-5-8(14)10-11(9(7)15)17-12(16-10)6-3-1-2-4-6/h5-6H,1-4,15H2. The first-order valence-corrected chi connectivity index (χ1v) is 6.46. The molecule has 0 atom stereocenters. The fourth-order valence-corrected chi connectivity index (χ4v) is 2.88. The van der Waals surface area contributed by atoms with Gasteiger partial charge in [0.05, 0.1) is 15.7 Å². The highest BCUT2D eigenvalue weighted by Crippen LogP contribution is 2.39. The Morgan fingerprint density at radius 3 is 2.65 bits per heavy atom. The van der Waals surface area contributed by atoms with Crippen molar-refractivity contribution in [3.63, 3.8) is 0 Å². The van der Waals surface area contributed by atoms with Crippen molar-refractivity contribution in [3.8, 4) is 0 Å². The quantitative estimate of drug-likeness (QED) is 0.783. The average molecular weight is 271 g/mol. The molecule has 1 aliphatic carbocycles. The molecule has 0 aliphatic heterocycles. The van der Waals surface area contributed by atoms with Gasteiger partial charge in [-0.1, -0.05) is 36.0 Å². The molecule has 3 rings (SSSR count). The van der Waals surface area contributed by atoms with Crippen LogP contribution in [0.2, 0.25) is 10.0 Å². The molecule has 1 aromatic carbocycles. The Labute approximate surface area is 109 Å². The Kier molecular flexibility index (Phi) is 2.68. The number of nitrogens with two attached hydrogens (primary N) is 1. The molecule has 0 radical (unpaired) electrons. The Morgan fingerprint density at radius 2 is 1.94 bits per heavy atom. The third-order valence-corrected chi connectivity index (χ3v) is 3.93. The fourth-order valence-electron chi connectivity index (χ4n) is 2.39. The van der Waals surface area contributed by atoms with Crippen LogP contribution in [0.25, 0.3) is 11.1 Å². The second-order valence-corrected chi connectivity index (χ2v) is 5.28. The lowest BCUT2D eigenvalue weighted by Crippen LogP contribution is -1.90. The van der Waals surface area contributed by atoms with Crippen molar-refractivity contribution >= 4 is 40.0 Å². The topological polar surface area (TPSA) is 52.0 Å². The number of oxazole rings is 1. The van der Waals surface area contributed by atoms with Crippen LogP contribution in [0.4, 0.5) is 5.69 Å². The smallest absolute Gasteiger partial charge is 0.198 e. The maximum Gasteiger partial charge on any atom is 0.198 e. The van der Waals surface area contributed by atoms with Crippen LogP contribution in [-0.2, 0) is 0 Å². The van der Waals surface area contributed by atoms with Crippen LogP contribution in [-0.4, -0.2) is 4.98 Å². The molecule has 17 heavy (non-hydrogen) atoms. The Bertz CT molecular complexity index is 573. The van der Waals surface area contributed by atoms with Crippen LogP contribution in [0, 0.1) is 0 Å². The van der Waals surface area contributed by atoms with Gasteiger partial charge in [-0.15, -0.1) is 0 Å². The maximum atomic E-state index is 6.09. The van der Waals surface area contributed by atoms with E-state index in [0.29, 0.717) is 32.8 Å². The van der Waals surface area contributed by atoms with E-state index in [4.69, 9.17) is 33.4 Å². The molecule has 0 unspecified atom stereocenters. The summed E-state index contributed by atoms with van der Waals surface area (Å²) in [5, 5.41) is 0.906. The van der Waals surface area contributed by atoms with E-state index < -0.39 is 0 Å². The van der Waals surface area contributed by atoms with E-state index >= 15 is 0 Å². The second kappa shape index (κ2) is 4.07. The van der Waals surface area contributed by atoms with E-state index in [1.54, 1.807) is 6.07 Å². The molecule has 1 heterocycles. The Hall–Kier alpha value is -0.930. The third kappa shape index (κ3) is 1.78. The van der Waals surface area contributed by atoms with Crippen LogP contribution >= 0.6 is 23.2 Å². The molecule has 90 valence electrons. The summed E-state index contributed by atoms with van der Waals surface area (Å²) in [6.45, 7) is 0. The van der Waals surface area contributed by atoms with Crippen molar-refractivity contribution in [1.29, 1.82) is 0 Å². The average Bonchev–Trinajstić information content (AvgIpc) is 2.94. The highest BCUT2D eigenvalue weighted by atomic mass is 35.5. The molecule has 1 aromatic heterocycles. The number of benzene rings is 1. The molecule has 0 saturated heterocycles. The van der Waals surface area contributed by atoms with Gasteiger partial charge in [0.25, 0.3) is 0 Å². The van der Waals surface area contributed by atoms with E-state index in [-0.39, 0.29) is 0 Å². The van der Waals surface area contributed by atoms with Gasteiger partial charge < -0.3 is 10.2 Å². The lowest BCUT2D eigenvalue weighted by Gasteiger charge is -2.01. The molecule has 3 nitrogen and oxygen atoms in total. The number of fused-ring (bicyclic) bond motifs is 1. The molecule has 2 N–H and O–H groups in total. The Morgan fingerprint density at radius 1 is 1.24 bits per heavy atom. The lowest BCUT2D eigenvalue weighted by atomic mass is 10.1. The van der Waals surface area contributed by atoms with Crippen molar-refractivity contribution < 1.29 is 4.42 Å². The summed E-state index contributed by atoms with van der Waals surface area (Å²) < 4.78 is 5.74. The number of hydrogen-bond acceptors (Lipinski definition) is 3. The predicted molar refractivity (Wildman–Crippen MR) is 69.7 cm³/mol. The summed E-state index contributed by atoms with van der Waals surface area (Å²) in [6, 6.07) is 1.61. The summed E-state index contributed by atoms with van der Waals surface area (Å²) in [5.74, 6) is 1.14. The number of nitrogens with zero attached hydrogens (tertiary/aromatic N) is 1. The zero-order valence-electron chi connectivity index (χ0n) is 9.17. The monoisotopic (exact) mass is 270 g/mol. The maximum absolute atomic E-state index is 6.09. The van der Waals surface area contributed by atoms with Gasteiger partial charge in [-0.25, -0.2) is 4.98 Å². The van der Waals surface area contributed by atoms with Gasteiger partial charge in [0.1, 0.15) is 5.52 Å². The lowest BCUT2D eigenvalue weighted by molar-refractivity contribution is 0.475. The van der Waals surface area contributed by atoms with Gasteiger partial charge in [0.2, 0.25) is 0 Å². The summed E-state index contributed by atoms with van der Waals surface area (Å²) in [6.07, 6.45) is 4.71. The zero-order chi connectivity index (χ0) is 12.0. The number of rotatable bonds is 1. The number of anilines is 1. The van der Waals surface area contributed by atoms with Gasteiger partial charge in [0, 0.05) is 5.92 Å². The van der Waals surface area contributed by atoms with Crippen LogP contribution in [0.15, 0.2) is 10.5 Å². The van der Waals surface area contributed by atoms with E-state index in [9.17, 15) is 0 Å². The zero-order valence-corrected chi connectivity index (χ0v) is 10.7. The van der Waals surface area contributed by atoms with Gasteiger partial charge in [0.15, 0.2) is 11.5 Å². The number of halogens is 2. The van der Waals surface area contributed by atoms with Crippen LogP contribution in [0.5, 0.6) is 0 Å². The molecule has 1 aliphatic rings. The number of aromatic nitrogens is 1. The van der Waals surface area contributed by atoms with E-state index in [2.05, 4.69) is 4.98 Å². The van der Waals surface area contributed by atoms with Crippen LogP contribution < -0.4 is 5.73 Å². The predicted octanol–water partition coefficient (Wildman–Crippen LogP) is 4.37. The molecule has 0 amide bonds. The van der Waals surface area contributed by atoms with Crippen molar-refractivity contribution in [1.82, 2.24) is 4.98 Å². The first-order valence-electron chi connectivity index (χ1n) is 5.70. The minimum Gasteiger partial charge on any atom is -0.438 e.